The van der Waals surface area contributed by atoms with E-state index in [2.05, 4.69) is 0 Å². The fraction of sp³-hybridized carbons (Fsp3) is 0.588. The molecule has 1 aliphatic heterocycles. The summed E-state index contributed by atoms with van der Waals surface area (Å²) >= 11 is 0. The highest BCUT2D eigenvalue weighted by atomic mass is 32.2. The van der Waals surface area contributed by atoms with E-state index >= 15 is 0 Å². The summed E-state index contributed by atoms with van der Waals surface area (Å²) in [5.74, 6) is -0.947. The molecular formula is C17H26FN3O3S. The van der Waals surface area contributed by atoms with Gasteiger partial charge in [0.2, 0.25) is 0 Å². The normalized spacial score (nSPS) is 16.9. The second kappa shape index (κ2) is 8.73. The SMILES string of the molecule is CCCCN(C)S(=O)(=O)N1CCCN(C(=O)c2ccccc2F)CC1. The van der Waals surface area contributed by atoms with Crippen molar-refractivity contribution in [1.29, 1.82) is 0 Å². The predicted octanol–water partition coefficient (Wildman–Crippen LogP) is 1.95. The minimum absolute atomic E-state index is 0.0267. The molecule has 140 valence electrons. The zero-order chi connectivity index (χ0) is 18.4. The second-order valence-corrected chi connectivity index (χ2v) is 8.24. The van der Waals surface area contributed by atoms with Crippen molar-refractivity contribution in [3.63, 3.8) is 0 Å². The van der Waals surface area contributed by atoms with Crippen LogP contribution in [0.3, 0.4) is 0 Å². The van der Waals surface area contributed by atoms with E-state index in [4.69, 9.17) is 0 Å². The van der Waals surface area contributed by atoms with Crippen LogP contribution in [0.1, 0.15) is 36.5 Å². The molecule has 1 aromatic rings. The maximum absolute atomic E-state index is 13.8. The molecule has 0 saturated carbocycles. The predicted molar refractivity (Wildman–Crippen MR) is 95.0 cm³/mol. The molecule has 6 nitrogen and oxygen atoms in total. The van der Waals surface area contributed by atoms with Gasteiger partial charge < -0.3 is 4.90 Å². The smallest absolute Gasteiger partial charge is 0.281 e. The van der Waals surface area contributed by atoms with Crippen LogP contribution in [0.15, 0.2) is 24.3 Å². The molecule has 0 bridgehead atoms. The maximum atomic E-state index is 13.8. The first kappa shape index (κ1) is 19.8. The van der Waals surface area contributed by atoms with Gasteiger partial charge in [0.05, 0.1) is 5.56 Å². The third-order valence-corrected chi connectivity index (χ3v) is 6.38. The topological polar surface area (TPSA) is 60.9 Å². The Labute approximate surface area is 149 Å². The van der Waals surface area contributed by atoms with Gasteiger partial charge in [0.15, 0.2) is 0 Å². The number of amides is 1. The van der Waals surface area contributed by atoms with Gasteiger partial charge in [0.25, 0.3) is 16.1 Å². The van der Waals surface area contributed by atoms with Crippen molar-refractivity contribution in [2.24, 2.45) is 0 Å². The van der Waals surface area contributed by atoms with Crippen molar-refractivity contribution in [2.45, 2.75) is 26.2 Å². The number of unbranched alkanes of at least 4 members (excludes halogenated alkanes) is 1. The lowest BCUT2D eigenvalue weighted by Crippen LogP contribution is -2.44. The first-order chi connectivity index (χ1) is 11.9. The zero-order valence-electron chi connectivity index (χ0n) is 14.8. The van der Waals surface area contributed by atoms with Gasteiger partial charge in [-0.15, -0.1) is 0 Å². The zero-order valence-corrected chi connectivity index (χ0v) is 15.6. The lowest BCUT2D eigenvalue weighted by atomic mass is 10.2. The lowest BCUT2D eigenvalue weighted by Gasteiger charge is -2.26. The van der Waals surface area contributed by atoms with Crippen molar-refractivity contribution in [2.75, 3.05) is 39.8 Å². The first-order valence-corrected chi connectivity index (χ1v) is 10.0. The summed E-state index contributed by atoms with van der Waals surface area (Å²) in [6.45, 7) is 3.75. The summed E-state index contributed by atoms with van der Waals surface area (Å²) in [6, 6.07) is 5.86. The van der Waals surface area contributed by atoms with E-state index in [1.54, 1.807) is 13.1 Å². The molecule has 0 unspecified atom stereocenters. The molecule has 8 heteroatoms. The van der Waals surface area contributed by atoms with Gasteiger partial charge in [-0.1, -0.05) is 25.5 Å². The average molecular weight is 371 g/mol. The molecule has 0 aromatic heterocycles. The summed E-state index contributed by atoms with van der Waals surface area (Å²) in [5, 5.41) is 0. The van der Waals surface area contributed by atoms with Crippen LogP contribution in [-0.4, -0.2) is 67.6 Å². The van der Waals surface area contributed by atoms with Crippen molar-refractivity contribution < 1.29 is 17.6 Å². The monoisotopic (exact) mass is 371 g/mol. The number of hydrogen-bond donors (Lipinski definition) is 0. The fourth-order valence-corrected chi connectivity index (χ4v) is 4.25. The maximum Gasteiger partial charge on any atom is 0.281 e. The van der Waals surface area contributed by atoms with Gasteiger partial charge in [0.1, 0.15) is 5.82 Å². The second-order valence-electron chi connectivity index (χ2n) is 6.21. The Morgan fingerprint density at radius 2 is 1.92 bits per heavy atom. The molecule has 1 saturated heterocycles. The summed E-state index contributed by atoms with van der Waals surface area (Å²) in [5.41, 5.74) is 0.0267. The molecule has 0 N–H and O–H groups in total. The number of halogens is 1. The van der Waals surface area contributed by atoms with Crippen LogP contribution in [0.2, 0.25) is 0 Å². The highest BCUT2D eigenvalue weighted by molar-refractivity contribution is 7.86. The quantitative estimate of drug-likeness (QED) is 0.768. The summed E-state index contributed by atoms with van der Waals surface area (Å²) in [6.07, 6.45) is 2.26. The van der Waals surface area contributed by atoms with Crippen LogP contribution < -0.4 is 0 Å². The number of hydrogen-bond acceptors (Lipinski definition) is 3. The molecule has 25 heavy (non-hydrogen) atoms. The van der Waals surface area contributed by atoms with Crippen molar-refractivity contribution >= 4 is 16.1 Å². The van der Waals surface area contributed by atoms with Gasteiger partial charge in [-0.25, -0.2) is 4.39 Å². The molecule has 1 aliphatic rings. The molecule has 0 radical (unpaired) electrons. The fourth-order valence-electron chi connectivity index (χ4n) is 2.83. The van der Waals surface area contributed by atoms with Crippen LogP contribution in [0.5, 0.6) is 0 Å². The first-order valence-electron chi connectivity index (χ1n) is 8.63. The van der Waals surface area contributed by atoms with Gasteiger partial charge in [-0.05, 0) is 25.0 Å². The summed E-state index contributed by atoms with van der Waals surface area (Å²) in [4.78, 5) is 14.0. The van der Waals surface area contributed by atoms with Gasteiger partial charge in [0, 0.05) is 39.8 Å². The minimum Gasteiger partial charge on any atom is -0.337 e. The largest absolute Gasteiger partial charge is 0.337 e. The molecule has 0 aliphatic carbocycles. The Morgan fingerprint density at radius 3 is 2.60 bits per heavy atom. The van der Waals surface area contributed by atoms with Crippen molar-refractivity contribution in [3.05, 3.63) is 35.6 Å². The Hall–Kier alpha value is -1.51. The van der Waals surface area contributed by atoms with Crippen LogP contribution >= 0.6 is 0 Å². The standard InChI is InChI=1S/C17H26FN3O3S/c1-3-4-10-19(2)25(23,24)21-12-7-11-20(13-14-21)17(22)15-8-5-6-9-16(15)18/h5-6,8-9H,3-4,7,10-14H2,1-2H3. The highest BCUT2D eigenvalue weighted by Gasteiger charge is 2.30. The highest BCUT2D eigenvalue weighted by Crippen LogP contribution is 2.15. The van der Waals surface area contributed by atoms with E-state index in [-0.39, 0.29) is 18.7 Å². The van der Waals surface area contributed by atoms with E-state index in [9.17, 15) is 17.6 Å². The van der Waals surface area contributed by atoms with Crippen molar-refractivity contribution in [1.82, 2.24) is 13.5 Å². The number of rotatable bonds is 6. The number of carbonyl (C=O) groups is 1. The third kappa shape index (κ3) is 4.77. The van der Waals surface area contributed by atoms with Crippen molar-refractivity contribution in [3.8, 4) is 0 Å². The summed E-state index contributed by atoms with van der Waals surface area (Å²) in [7, 11) is -1.94. The van der Waals surface area contributed by atoms with Gasteiger partial charge in [-0.2, -0.15) is 17.0 Å². The van der Waals surface area contributed by atoms with Gasteiger partial charge >= 0.3 is 0 Å². The molecule has 1 amide bonds. The Morgan fingerprint density at radius 1 is 1.20 bits per heavy atom. The lowest BCUT2D eigenvalue weighted by molar-refractivity contribution is 0.0759. The average Bonchev–Trinajstić information content (AvgIpc) is 2.86. The van der Waals surface area contributed by atoms with E-state index < -0.39 is 21.9 Å². The van der Waals surface area contributed by atoms with Crippen LogP contribution in [0, 0.1) is 5.82 Å². The van der Waals surface area contributed by atoms with E-state index in [0.717, 1.165) is 12.8 Å². The molecule has 0 spiro atoms. The van der Waals surface area contributed by atoms with Gasteiger partial charge in [-0.3, -0.25) is 4.79 Å². The molecule has 2 rings (SSSR count). The number of benzene rings is 1. The van der Waals surface area contributed by atoms with E-state index in [0.29, 0.717) is 26.1 Å². The molecular weight excluding hydrogens is 345 g/mol. The minimum atomic E-state index is -3.52. The summed E-state index contributed by atoms with van der Waals surface area (Å²) < 4.78 is 41.9. The molecule has 1 aromatic carbocycles. The Bertz CT molecular complexity index is 696. The van der Waals surface area contributed by atoms with Crippen LogP contribution in [0.4, 0.5) is 4.39 Å². The Kier molecular flexibility index (Phi) is 6.92. The van der Waals surface area contributed by atoms with Crippen LogP contribution in [-0.2, 0) is 10.2 Å². The third-order valence-electron chi connectivity index (χ3n) is 4.39. The number of nitrogens with zero attached hydrogens (tertiary/aromatic N) is 3. The number of carbonyl (C=O) groups excluding carboxylic acids is 1. The Balaban J connectivity index is 2.05. The molecule has 1 heterocycles. The molecule has 0 atom stereocenters. The van der Waals surface area contributed by atoms with E-state index in [1.165, 1.54) is 31.7 Å². The van der Waals surface area contributed by atoms with Crippen LogP contribution in [0.25, 0.3) is 0 Å². The molecule has 1 fully saturated rings. The van der Waals surface area contributed by atoms with E-state index in [1.807, 2.05) is 6.92 Å².